The van der Waals surface area contributed by atoms with E-state index in [1.54, 1.807) is 0 Å². The van der Waals surface area contributed by atoms with Gasteiger partial charge in [-0.1, -0.05) is 18.2 Å². The first-order valence-electron chi connectivity index (χ1n) is 5.06. The van der Waals surface area contributed by atoms with Gasteiger partial charge in [-0.2, -0.15) is 0 Å². The highest BCUT2D eigenvalue weighted by Gasteiger charge is 2.45. The average molecular weight is 201 g/mol. The zero-order valence-corrected chi connectivity index (χ0v) is 8.10. The molecule has 0 unspecified atom stereocenters. The summed E-state index contributed by atoms with van der Waals surface area (Å²) < 4.78 is 0. The number of hydrogen-bond donors (Lipinski definition) is 2. The number of H-pyrrole nitrogens is 1. The second-order valence-corrected chi connectivity index (χ2v) is 4.10. The largest absolute Gasteiger partial charge is 0.481 e. The second-order valence-electron chi connectivity index (χ2n) is 4.10. The maximum absolute atomic E-state index is 10.7. The number of aromatic nitrogens is 1. The number of fused-ring (bicyclic) bond motifs is 1. The standard InChI is InChI=1S/C12H11NO2/c14-12(15)9-6-8(9)11-5-7-3-1-2-4-10(7)13-11/h1-5,8-9,13H,6H2,(H,14,15)/t8-,9+/m0/s1. The summed E-state index contributed by atoms with van der Waals surface area (Å²) in [7, 11) is 0. The summed E-state index contributed by atoms with van der Waals surface area (Å²) in [5, 5.41) is 10.0. The normalized spacial score (nSPS) is 24.3. The van der Waals surface area contributed by atoms with Crippen molar-refractivity contribution in [3.8, 4) is 0 Å². The van der Waals surface area contributed by atoms with E-state index in [9.17, 15) is 4.79 Å². The second kappa shape index (κ2) is 2.86. The third-order valence-corrected chi connectivity index (χ3v) is 3.06. The minimum atomic E-state index is -0.682. The molecule has 1 aromatic heterocycles. The Bertz CT molecular complexity index is 496. The van der Waals surface area contributed by atoms with Gasteiger partial charge in [-0.15, -0.1) is 0 Å². The lowest BCUT2D eigenvalue weighted by atomic mass is 10.2. The van der Waals surface area contributed by atoms with E-state index < -0.39 is 5.97 Å². The molecule has 0 radical (unpaired) electrons. The van der Waals surface area contributed by atoms with E-state index >= 15 is 0 Å². The number of para-hydroxylation sites is 1. The van der Waals surface area contributed by atoms with E-state index in [0.29, 0.717) is 0 Å². The van der Waals surface area contributed by atoms with Crippen molar-refractivity contribution in [2.75, 3.05) is 0 Å². The lowest BCUT2D eigenvalue weighted by Crippen LogP contribution is -1.98. The molecule has 0 spiro atoms. The number of nitrogens with one attached hydrogen (secondary N) is 1. The lowest BCUT2D eigenvalue weighted by Gasteiger charge is -1.91. The fourth-order valence-corrected chi connectivity index (χ4v) is 2.11. The lowest BCUT2D eigenvalue weighted by molar-refractivity contribution is -0.138. The molecule has 3 nitrogen and oxygen atoms in total. The van der Waals surface area contributed by atoms with Crippen LogP contribution in [0.25, 0.3) is 10.9 Å². The molecule has 0 amide bonds. The number of aromatic amines is 1. The molecule has 76 valence electrons. The van der Waals surface area contributed by atoms with E-state index in [2.05, 4.69) is 11.1 Å². The van der Waals surface area contributed by atoms with Crippen LogP contribution >= 0.6 is 0 Å². The van der Waals surface area contributed by atoms with Crippen molar-refractivity contribution in [1.29, 1.82) is 0 Å². The predicted octanol–water partition coefficient (Wildman–Crippen LogP) is 2.36. The van der Waals surface area contributed by atoms with Crippen LogP contribution in [0.2, 0.25) is 0 Å². The number of carboxylic acids is 1. The van der Waals surface area contributed by atoms with Crippen LogP contribution in [0, 0.1) is 5.92 Å². The van der Waals surface area contributed by atoms with E-state index in [4.69, 9.17) is 5.11 Å². The summed E-state index contributed by atoms with van der Waals surface area (Å²) in [5.41, 5.74) is 2.15. The molecular weight excluding hydrogens is 190 g/mol. The SMILES string of the molecule is O=C(O)[C@@H]1C[C@@H]1c1cc2ccccc2[nH]1. The maximum Gasteiger partial charge on any atom is 0.307 e. The third-order valence-electron chi connectivity index (χ3n) is 3.06. The van der Waals surface area contributed by atoms with Crippen molar-refractivity contribution < 1.29 is 9.90 Å². The summed E-state index contributed by atoms with van der Waals surface area (Å²) >= 11 is 0. The molecule has 3 rings (SSSR count). The molecule has 1 fully saturated rings. The Morgan fingerprint density at radius 2 is 2.20 bits per heavy atom. The van der Waals surface area contributed by atoms with Gasteiger partial charge in [0, 0.05) is 17.1 Å². The molecule has 0 bridgehead atoms. The molecule has 2 aromatic rings. The highest BCUT2D eigenvalue weighted by molar-refractivity contribution is 5.82. The quantitative estimate of drug-likeness (QED) is 0.783. The van der Waals surface area contributed by atoms with Crippen LogP contribution in [0.5, 0.6) is 0 Å². The summed E-state index contributed by atoms with van der Waals surface area (Å²) in [4.78, 5) is 14.0. The van der Waals surface area contributed by atoms with Crippen molar-refractivity contribution in [3.63, 3.8) is 0 Å². The fourth-order valence-electron chi connectivity index (χ4n) is 2.11. The molecule has 1 heterocycles. The first-order chi connectivity index (χ1) is 7.25. The van der Waals surface area contributed by atoms with Gasteiger partial charge in [-0.3, -0.25) is 4.79 Å². The number of benzene rings is 1. The summed E-state index contributed by atoms with van der Waals surface area (Å²) in [6.45, 7) is 0. The van der Waals surface area contributed by atoms with Gasteiger partial charge >= 0.3 is 5.97 Å². The van der Waals surface area contributed by atoms with Crippen LogP contribution in [0.4, 0.5) is 0 Å². The number of carboxylic acid groups (broad SMARTS) is 1. The van der Waals surface area contributed by atoms with Crippen molar-refractivity contribution in [1.82, 2.24) is 4.98 Å². The molecule has 3 heteroatoms. The first-order valence-corrected chi connectivity index (χ1v) is 5.06. The molecule has 1 aliphatic rings. The summed E-state index contributed by atoms with van der Waals surface area (Å²) in [6.07, 6.45) is 0.766. The maximum atomic E-state index is 10.7. The summed E-state index contributed by atoms with van der Waals surface area (Å²) in [5.74, 6) is -0.674. The van der Waals surface area contributed by atoms with Crippen LogP contribution in [0.3, 0.4) is 0 Å². The highest BCUT2D eigenvalue weighted by Crippen LogP contribution is 2.47. The zero-order chi connectivity index (χ0) is 10.4. The van der Waals surface area contributed by atoms with E-state index in [1.165, 1.54) is 0 Å². The van der Waals surface area contributed by atoms with Crippen LogP contribution in [0.1, 0.15) is 18.0 Å². The van der Waals surface area contributed by atoms with Gasteiger partial charge in [-0.25, -0.2) is 0 Å². The first kappa shape index (κ1) is 8.53. The number of hydrogen-bond acceptors (Lipinski definition) is 1. The Morgan fingerprint density at radius 3 is 2.87 bits per heavy atom. The molecule has 0 aliphatic heterocycles. The van der Waals surface area contributed by atoms with Gasteiger partial charge in [-0.05, 0) is 23.9 Å². The number of rotatable bonds is 2. The topological polar surface area (TPSA) is 53.1 Å². The van der Waals surface area contributed by atoms with Gasteiger partial charge in [0.1, 0.15) is 0 Å². The van der Waals surface area contributed by atoms with Crippen molar-refractivity contribution in [2.45, 2.75) is 12.3 Å². The molecular formula is C12H11NO2. The van der Waals surface area contributed by atoms with Gasteiger partial charge in [0.05, 0.1) is 5.92 Å². The minimum absolute atomic E-state index is 0.182. The smallest absolute Gasteiger partial charge is 0.307 e. The average Bonchev–Trinajstić information content (AvgIpc) is 2.91. The molecule has 15 heavy (non-hydrogen) atoms. The van der Waals surface area contributed by atoms with E-state index in [1.807, 2.05) is 24.3 Å². The number of carbonyl (C=O) groups is 1. The Kier molecular flexibility index (Phi) is 1.63. The Balaban J connectivity index is 1.97. The van der Waals surface area contributed by atoms with Crippen molar-refractivity contribution >= 4 is 16.9 Å². The zero-order valence-electron chi connectivity index (χ0n) is 8.10. The Labute approximate surface area is 86.7 Å². The van der Waals surface area contributed by atoms with Gasteiger partial charge in [0.2, 0.25) is 0 Å². The molecule has 2 N–H and O–H groups in total. The van der Waals surface area contributed by atoms with Crippen LogP contribution in [0.15, 0.2) is 30.3 Å². The van der Waals surface area contributed by atoms with Gasteiger partial charge < -0.3 is 10.1 Å². The van der Waals surface area contributed by atoms with Gasteiger partial charge in [0.25, 0.3) is 0 Å². The fraction of sp³-hybridized carbons (Fsp3) is 0.250. The van der Waals surface area contributed by atoms with Crippen LogP contribution in [-0.4, -0.2) is 16.1 Å². The Morgan fingerprint density at radius 1 is 1.40 bits per heavy atom. The minimum Gasteiger partial charge on any atom is -0.481 e. The Hall–Kier alpha value is -1.77. The highest BCUT2D eigenvalue weighted by atomic mass is 16.4. The van der Waals surface area contributed by atoms with Crippen molar-refractivity contribution in [2.24, 2.45) is 5.92 Å². The molecule has 2 atom stereocenters. The van der Waals surface area contributed by atoms with Crippen LogP contribution < -0.4 is 0 Å². The van der Waals surface area contributed by atoms with Gasteiger partial charge in [0.15, 0.2) is 0 Å². The third kappa shape index (κ3) is 1.31. The molecule has 1 saturated carbocycles. The van der Waals surface area contributed by atoms with Crippen molar-refractivity contribution in [3.05, 3.63) is 36.0 Å². The van der Waals surface area contributed by atoms with E-state index in [-0.39, 0.29) is 11.8 Å². The monoisotopic (exact) mass is 201 g/mol. The van der Waals surface area contributed by atoms with Crippen LogP contribution in [-0.2, 0) is 4.79 Å². The predicted molar refractivity (Wildman–Crippen MR) is 56.8 cm³/mol. The molecule has 1 aromatic carbocycles. The molecule has 0 saturated heterocycles. The molecule has 1 aliphatic carbocycles. The summed E-state index contributed by atoms with van der Waals surface area (Å²) in [6, 6.07) is 10.1. The van der Waals surface area contributed by atoms with E-state index in [0.717, 1.165) is 23.0 Å². The number of aliphatic carboxylic acids is 1.